The maximum atomic E-state index is 12.9. The van der Waals surface area contributed by atoms with Crippen LogP contribution in [0.4, 0.5) is 5.82 Å². The van der Waals surface area contributed by atoms with Crippen LogP contribution in [0.2, 0.25) is 0 Å². The van der Waals surface area contributed by atoms with Crippen molar-refractivity contribution in [3.8, 4) is 11.3 Å². The van der Waals surface area contributed by atoms with Gasteiger partial charge in [-0.3, -0.25) is 14.5 Å². The molecule has 0 unspecified atom stereocenters. The maximum absolute atomic E-state index is 12.9. The number of rotatable bonds is 7. The average Bonchev–Trinajstić information content (AvgIpc) is 3.33. The van der Waals surface area contributed by atoms with Gasteiger partial charge in [0.05, 0.1) is 5.69 Å². The van der Waals surface area contributed by atoms with Crippen LogP contribution >= 0.6 is 0 Å². The van der Waals surface area contributed by atoms with Gasteiger partial charge in [0.15, 0.2) is 0 Å². The number of benzene rings is 1. The van der Waals surface area contributed by atoms with Gasteiger partial charge in [0.1, 0.15) is 5.82 Å². The van der Waals surface area contributed by atoms with E-state index in [0.717, 1.165) is 53.8 Å². The molecule has 1 aromatic carbocycles. The van der Waals surface area contributed by atoms with E-state index in [1.54, 1.807) is 4.90 Å². The first-order chi connectivity index (χ1) is 14.6. The number of nitrogens with one attached hydrogen (secondary N) is 1. The number of fused-ring (bicyclic) bond motifs is 2. The third kappa shape index (κ3) is 3.97. The molecule has 0 spiro atoms. The minimum Gasteiger partial charge on any atom is -0.356 e. The zero-order valence-electron chi connectivity index (χ0n) is 17.7. The second kappa shape index (κ2) is 8.73. The SMILES string of the molecule is CCCCNC(=O)CCC(=O)N1CCCn2nc(-c3cn(C)c4ccccc34)cc21. The number of aromatic nitrogens is 3. The van der Waals surface area contributed by atoms with Gasteiger partial charge >= 0.3 is 0 Å². The second-order valence-corrected chi connectivity index (χ2v) is 7.88. The molecule has 0 saturated carbocycles. The predicted octanol–water partition coefficient (Wildman–Crippen LogP) is 3.48. The molecule has 158 valence electrons. The lowest BCUT2D eigenvalue weighted by Gasteiger charge is -2.27. The Hall–Kier alpha value is -3.09. The van der Waals surface area contributed by atoms with Gasteiger partial charge in [-0.1, -0.05) is 31.5 Å². The number of carbonyl (C=O) groups is 2. The van der Waals surface area contributed by atoms with Crippen LogP contribution in [0.5, 0.6) is 0 Å². The summed E-state index contributed by atoms with van der Waals surface area (Å²) in [6.07, 6.45) is 5.39. The molecule has 7 heteroatoms. The summed E-state index contributed by atoms with van der Waals surface area (Å²) in [6.45, 7) is 4.22. The number of anilines is 1. The van der Waals surface area contributed by atoms with Gasteiger partial charge in [-0.2, -0.15) is 5.10 Å². The molecule has 7 nitrogen and oxygen atoms in total. The second-order valence-electron chi connectivity index (χ2n) is 7.88. The van der Waals surface area contributed by atoms with Gasteiger partial charge < -0.3 is 9.88 Å². The molecular formula is C23H29N5O2. The van der Waals surface area contributed by atoms with E-state index in [2.05, 4.69) is 35.1 Å². The fraction of sp³-hybridized carbons (Fsp3) is 0.435. The van der Waals surface area contributed by atoms with Gasteiger partial charge in [0.2, 0.25) is 11.8 Å². The van der Waals surface area contributed by atoms with Crippen LogP contribution in [0.1, 0.15) is 39.0 Å². The smallest absolute Gasteiger partial charge is 0.228 e. The number of nitrogens with zero attached hydrogens (tertiary/aromatic N) is 4. The molecule has 2 amide bonds. The summed E-state index contributed by atoms with van der Waals surface area (Å²) in [4.78, 5) is 26.6. The highest BCUT2D eigenvalue weighted by Gasteiger charge is 2.26. The van der Waals surface area contributed by atoms with E-state index in [0.29, 0.717) is 13.1 Å². The zero-order chi connectivity index (χ0) is 21.1. The number of aryl methyl sites for hydroxylation is 2. The number of unbranched alkanes of at least 4 members (excludes halogenated alkanes) is 1. The molecule has 0 fully saturated rings. The summed E-state index contributed by atoms with van der Waals surface area (Å²) in [5.74, 6) is 0.741. The van der Waals surface area contributed by atoms with Crippen LogP contribution in [-0.4, -0.2) is 39.3 Å². The van der Waals surface area contributed by atoms with Crippen LogP contribution in [0, 0.1) is 0 Å². The van der Waals surface area contributed by atoms with Gasteiger partial charge in [0, 0.05) is 68.3 Å². The lowest BCUT2D eigenvalue weighted by atomic mass is 10.1. The zero-order valence-corrected chi connectivity index (χ0v) is 17.7. The first-order valence-electron chi connectivity index (χ1n) is 10.8. The Morgan fingerprint density at radius 1 is 1.17 bits per heavy atom. The average molecular weight is 408 g/mol. The highest BCUT2D eigenvalue weighted by molar-refractivity contribution is 5.98. The van der Waals surface area contributed by atoms with Crippen LogP contribution in [-0.2, 0) is 23.2 Å². The molecule has 0 bridgehead atoms. The molecular weight excluding hydrogens is 378 g/mol. The molecule has 0 radical (unpaired) electrons. The molecule has 2 aromatic heterocycles. The van der Waals surface area contributed by atoms with Gasteiger partial charge in [0.25, 0.3) is 0 Å². The Morgan fingerprint density at radius 3 is 2.83 bits per heavy atom. The van der Waals surface area contributed by atoms with Gasteiger partial charge in [-0.05, 0) is 18.9 Å². The minimum absolute atomic E-state index is 0.0223. The summed E-state index contributed by atoms with van der Waals surface area (Å²) in [7, 11) is 2.03. The van der Waals surface area contributed by atoms with Crippen molar-refractivity contribution in [2.75, 3.05) is 18.0 Å². The summed E-state index contributed by atoms with van der Waals surface area (Å²) < 4.78 is 4.02. The van der Waals surface area contributed by atoms with Crippen molar-refractivity contribution in [1.82, 2.24) is 19.7 Å². The topological polar surface area (TPSA) is 72.2 Å². The lowest BCUT2D eigenvalue weighted by molar-refractivity contribution is -0.125. The normalized spacial score (nSPS) is 13.5. The van der Waals surface area contributed by atoms with Crippen LogP contribution in [0.25, 0.3) is 22.2 Å². The number of hydrogen-bond acceptors (Lipinski definition) is 3. The van der Waals surface area contributed by atoms with Crippen LogP contribution < -0.4 is 10.2 Å². The van der Waals surface area contributed by atoms with Crippen molar-refractivity contribution < 1.29 is 9.59 Å². The Bertz CT molecular complexity index is 1060. The molecule has 0 atom stereocenters. The van der Waals surface area contributed by atoms with E-state index in [-0.39, 0.29) is 24.7 Å². The van der Waals surface area contributed by atoms with Crippen LogP contribution in [0.3, 0.4) is 0 Å². The van der Waals surface area contributed by atoms with Crippen molar-refractivity contribution in [3.05, 3.63) is 36.5 Å². The monoisotopic (exact) mass is 407 g/mol. The number of amides is 2. The van der Waals surface area contributed by atoms with Crippen molar-refractivity contribution in [1.29, 1.82) is 0 Å². The lowest BCUT2D eigenvalue weighted by Crippen LogP contribution is -2.38. The highest BCUT2D eigenvalue weighted by atomic mass is 16.2. The van der Waals surface area contributed by atoms with E-state index in [1.165, 1.54) is 0 Å². The van der Waals surface area contributed by atoms with Crippen molar-refractivity contribution in [2.45, 2.75) is 45.6 Å². The van der Waals surface area contributed by atoms with Crippen molar-refractivity contribution in [3.63, 3.8) is 0 Å². The van der Waals surface area contributed by atoms with Gasteiger partial charge in [-0.15, -0.1) is 0 Å². The summed E-state index contributed by atoms with van der Waals surface area (Å²) in [6, 6.07) is 10.3. The Morgan fingerprint density at radius 2 is 2.00 bits per heavy atom. The molecule has 1 aliphatic rings. The largest absolute Gasteiger partial charge is 0.356 e. The highest BCUT2D eigenvalue weighted by Crippen LogP contribution is 2.33. The minimum atomic E-state index is -0.0567. The third-order valence-corrected chi connectivity index (χ3v) is 5.68. The van der Waals surface area contributed by atoms with E-state index in [9.17, 15) is 9.59 Å². The summed E-state index contributed by atoms with van der Waals surface area (Å²) in [5.41, 5.74) is 3.09. The molecule has 1 aliphatic heterocycles. The number of hydrogen-bond donors (Lipinski definition) is 1. The predicted molar refractivity (Wildman–Crippen MR) is 118 cm³/mol. The first-order valence-corrected chi connectivity index (χ1v) is 10.8. The molecule has 1 N–H and O–H groups in total. The Balaban J connectivity index is 1.51. The van der Waals surface area contributed by atoms with Crippen molar-refractivity contribution in [2.24, 2.45) is 7.05 Å². The molecule has 4 rings (SSSR count). The third-order valence-electron chi connectivity index (χ3n) is 5.68. The van der Waals surface area contributed by atoms with E-state index in [1.807, 2.05) is 29.9 Å². The number of para-hydroxylation sites is 1. The van der Waals surface area contributed by atoms with Crippen molar-refractivity contribution >= 4 is 28.5 Å². The van der Waals surface area contributed by atoms with E-state index < -0.39 is 0 Å². The first kappa shape index (κ1) is 20.2. The molecule has 3 heterocycles. The molecule has 30 heavy (non-hydrogen) atoms. The maximum Gasteiger partial charge on any atom is 0.228 e. The van der Waals surface area contributed by atoms with E-state index in [4.69, 9.17) is 5.10 Å². The van der Waals surface area contributed by atoms with Crippen LogP contribution in [0.15, 0.2) is 36.5 Å². The molecule has 0 saturated heterocycles. The summed E-state index contributed by atoms with van der Waals surface area (Å²) >= 11 is 0. The van der Waals surface area contributed by atoms with Gasteiger partial charge in [-0.25, -0.2) is 4.68 Å². The Labute approximate surface area is 176 Å². The standard InChI is InChI=1S/C23H29N5O2/c1-3-4-12-24-21(29)10-11-23(30)27-13-7-14-28-22(27)15-19(25-28)18-16-26(2)20-9-6-5-8-17(18)20/h5-6,8-9,15-16H,3-4,7,10-14H2,1-2H3,(H,24,29). The fourth-order valence-corrected chi connectivity index (χ4v) is 4.06. The number of carbonyl (C=O) groups excluding carboxylic acids is 2. The molecule has 0 aliphatic carbocycles. The molecule has 3 aromatic rings. The van der Waals surface area contributed by atoms with E-state index >= 15 is 0 Å². The quantitative estimate of drug-likeness (QED) is 0.610. The fourth-order valence-electron chi connectivity index (χ4n) is 4.06. The Kier molecular flexibility index (Phi) is 5.88. The summed E-state index contributed by atoms with van der Waals surface area (Å²) in [5, 5.41) is 8.82.